The molecule has 2 aromatic rings. The molecule has 0 radical (unpaired) electrons. The molecule has 0 bridgehead atoms. The van der Waals surface area contributed by atoms with Crippen LogP contribution >= 0.6 is 0 Å². The average Bonchev–Trinajstić information content (AvgIpc) is 2.47. The number of aromatic hydroxyl groups is 1. The molecule has 0 saturated carbocycles. The number of phenols is 1. The minimum atomic E-state index is 0.0492. The van der Waals surface area contributed by atoms with Crippen LogP contribution in [0.5, 0.6) is 17.2 Å². The molecule has 0 spiro atoms. The number of rotatable bonds is 6. The van der Waals surface area contributed by atoms with E-state index in [-0.39, 0.29) is 11.8 Å². The standard InChI is InChI=1S/C17H21NO3/c1-12(18)9-14-10-16(20-2)7-8-17(14)21-11-13-3-5-15(19)6-4-13/h3-8,10,12,19H,9,11,18H2,1-2H3. The summed E-state index contributed by atoms with van der Waals surface area (Å²) in [7, 11) is 1.64. The third-order valence-corrected chi connectivity index (χ3v) is 3.14. The van der Waals surface area contributed by atoms with Crippen LogP contribution < -0.4 is 15.2 Å². The Morgan fingerprint density at radius 2 is 1.86 bits per heavy atom. The SMILES string of the molecule is COc1ccc(OCc2ccc(O)cc2)c(CC(C)N)c1. The monoisotopic (exact) mass is 287 g/mol. The smallest absolute Gasteiger partial charge is 0.123 e. The Labute approximate surface area is 125 Å². The summed E-state index contributed by atoms with van der Waals surface area (Å²) in [6, 6.07) is 12.7. The molecule has 0 aliphatic heterocycles. The van der Waals surface area contributed by atoms with E-state index >= 15 is 0 Å². The molecule has 2 aromatic carbocycles. The highest BCUT2D eigenvalue weighted by Crippen LogP contribution is 2.26. The van der Waals surface area contributed by atoms with Gasteiger partial charge >= 0.3 is 0 Å². The second kappa shape index (κ2) is 6.99. The molecule has 4 heteroatoms. The number of hydrogen-bond donors (Lipinski definition) is 2. The molecular weight excluding hydrogens is 266 g/mol. The normalized spacial score (nSPS) is 12.0. The zero-order chi connectivity index (χ0) is 15.2. The fourth-order valence-electron chi connectivity index (χ4n) is 2.08. The number of hydrogen-bond acceptors (Lipinski definition) is 4. The summed E-state index contributed by atoms with van der Waals surface area (Å²) in [4.78, 5) is 0. The molecule has 0 saturated heterocycles. The van der Waals surface area contributed by atoms with E-state index in [1.54, 1.807) is 19.2 Å². The van der Waals surface area contributed by atoms with Gasteiger partial charge in [0.2, 0.25) is 0 Å². The third-order valence-electron chi connectivity index (χ3n) is 3.14. The predicted octanol–water partition coefficient (Wildman–Crippen LogP) is 2.87. The minimum Gasteiger partial charge on any atom is -0.508 e. The molecule has 0 aliphatic rings. The van der Waals surface area contributed by atoms with Crippen LogP contribution in [0.3, 0.4) is 0 Å². The van der Waals surface area contributed by atoms with Crippen LogP contribution in [0, 0.1) is 0 Å². The van der Waals surface area contributed by atoms with Gasteiger partial charge in [-0.25, -0.2) is 0 Å². The van der Waals surface area contributed by atoms with E-state index < -0.39 is 0 Å². The number of ether oxygens (including phenoxy) is 2. The third kappa shape index (κ3) is 4.39. The molecule has 0 fully saturated rings. The summed E-state index contributed by atoms with van der Waals surface area (Å²) in [5.74, 6) is 1.85. The number of phenolic OH excluding ortho intramolecular Hbond substituents is 1. The lowest BCUT2D eigenvalue weighted by Gasteiger charge is -2.14. The molecule has 1 unspecified atom stereocenters. The van der Waals surface area contributed by atoms with Crippen LogP contribution in [0.15, 0.2) is 42.5 Å². The lowest BCUT2D eigenvalue weighted by Crippen LogP contribution is -2.18. The van der Waals surface area contributed by atoms with Crippen molar-refractivity contribution in [1.29, 1.82) is 0 Å². The first-order valence-corrected chi connectivity index (χ1v) is 6.91. The van der Waals surface area contributed by atoms with Gasteiger partial charge in [-0.3, -0.25) is 0 Å². The van der Waals surface area contributed by atoms with Gasteiger partial charge in [0, 0.05) is 6.04 Å². The van der Waals surface area contributed by atoms with Crippen LogP contribution in [-0.2, 0) is 13.0 Å². The van der Waals surface area contributed by atoms with Crippen molar-refractivity contribution >= 4 is 0 Å². The van der Waals surface area contributed by atoms with Gasteiger partial charge < -0.3 is 20.3 Å². The quantitative estimate of drug-likeness (QED) is 0.857. The summed E-state index contributed by atoms with van der Waals surface area (Å²) in [6.07, 6.45) is 0.724. The van der Waals surface area contributed by atoms with E-state index in [1.807, 2.05) is 37.3 Å². The van der Waals surface area contributed by atoms with Gasteiger partial charge in [-0.05, 0) is 54.8 Å². The van der Waals surface area contributed by atoms with Gasteiger partial charge in [-0.2, -0.15) is 0 Å². The number of nitrogens with two attached hydrogens (primary N) is 1. The Morgan fingerprint density at radius 3 is 2.48 bits per heavy atom. The molecule has 2 rings (SSSR count). The molecule has 1 atom stereocenters. The van der Waals surface area contributed by atoms with E-state index in [9.17, 15) is 5.11 Å². The van der Waals surface area contributed by atoms with Crippen molar-refractivity contribution in [2.24, 2.45) is 5.73 Å². The Bertz CT molecular complexity index is 579. The Balaban J connectivity index is 2.12. The summed E-state index contributed by atoms with van der Waals surface area (Å²) in [5.41, 5.74) is 7.91. The maximum atomic E-state index is 9.27. The maximum absolute atomic E-state index is 9.27. The maximum Gasteiger partial charge on any atom is 0.123 e. The average molecular weight is 287 g/mol. The van der Waals surface area contributed by atoms with Crippen molar-refractivity contribution in [1.82, 2.24) is 0 Å². The zero-order valence-electron chi connectivity index (χ0n) is 12.4. The first-order chi connectivity index (χ1) is 10.1. The molecule has 0 heterocycles. The molecule has 0 amide bonds. The topological polar surface area (TPSA) is 64.7 Å². The molecule has 112 valence electrons. The van der Waals surface area contributed by atoms with Crippen molar-refractivity contribution in [2.75, 3.05) is 7.11 Å². The van der Waals surface area contributed by atoms with Gasteiger partial charge in [-0.1, -0.05) is 12.1 Å². The number of benzene rings is 2. The summed E-state index contributed by atoms with van der Waals surface area (Å²) < 4.78 is 11.1. The van der Waals surface area contributed by atoms with Crippen LogP contribution in [0.4, 0.5) is 0 Å². The molecule has 0 aromatic heterocycles. The summed E-state index contributed by atoms with van der Waals surface area (Å²) in [5, 5.41) is 9.27. The van der Waals surface area contributed by atoms with E-state index in [1.165, 1.54) is 0 Å². The molecule has 4 nitrogen and oxygen atoms in total. The van der Waals surface area contributed by atoms with Crippen molar-refractivity contribution in [3.8, 4) is 17.2 Å². The molecule has 3 N–H and O–H groups in total. The van der Waals surface area contributed by atoms with Gasteiger partial charge in [0.05, 0.1) is 7.11 Å². The Hall–Kier alpha value is -2.20. The molecule has 21 heavy (non-hydrogen) atoms. The van der Waals surface area contributed by atoms with Crippen molar-refractivity contribution < 1.29 is 14.6 Å². The highest BCUT2D eigenvalue weighted by molar-refractivity contribution is 5.41. The van der Waals surface area contributed by atoms with Crippen LogP contribution in [0.2, 0.25) is 0 Å². The highest BCUT2D eigenvalue weighted by Gasteiger charge is 2.08. The highest BCUT2D eigenvalue weighted by atomic mass is 16.5. The fourth-order valence-corrected chi connectivity index (χ4v) is 2.08. The van der Waals surface area contributed by atoms with Gasteiger partial charge in [0.1, 0.15) is 23.9 Å². The largest absolute Gasteiger partial charge is 0.508 e. The second-order valence-corrected chi connectivity index (χ2v) is 5.11. The minimum absolute atomic E-state index is 0.0492. The molecule has 0 aliphatic carbocycles. The van der Waals surface area contributed by atoms with Crippen molar-refractivity contribution in [3.63, 3.8) is 0 Å². The van der Waals surface area contributed by atoms with Gasteiger partial charge in [0.15, 0.2) is 0 Å². The Kier molecular flexibility index (Phi) is 5.06. The van der Waals surface area contributed by atoms with Gasteiger partial charge in [-0.15, -0.1) is 0 Å². The number of methoxy groups -OCH3 is 1. The van der Waals surface area contributed by atoms with Crippen molar-refractivity contribution in [3.05, 3.63) is 53.6 Å². The van der Waals surface area contributed by atoms with E-state index in [4.69, 9.17) is 15.2 Å². The van der Waals surface area contributed by atoms with Crippen LogP contribution in [0.1, 0.15) is 18.1 Å². The van der Waals surface area contributed by atoms with E-state index in [0.717, 1.165) is 29.0 Å². The predicted molar refractivity (Wildman–Crippen MR) is 82.8 cm³/mol. The zero-order valence-corrected chi connectivity index (χ0v) is 12.4. The lowest BCUT2D eigenvalue weighted by atomic mass is 10.1. The van der Waals surface area contributed by atoms with E-state index in [0.29, 0.717) is 6.61 Å². The molecular formula is C17H21NO3. The van der Waals surface area contributed by atoms with Crippen LogP contribution in [-0.4, -0.2) is 18.3 Å². The summed E-state index contributed by atoms with van der Waals surface area (Å²) >= 11 is 0. The van der Waals surface area contributed by atoms with Crippen LogP contribution in [0.25, 0.3) is 0 Å². The first-order valence-electron chi connectivity index (χ1n) is 6.91. The van der Waals surface area contributed by atoms with Gasteiger partial charge in [0.25, 0.3) is 0 Å². The van der Waals surface area contributed by atoms with E-state index in [2.05, 4.69) is 0 Å². The fraction of sp³-hybridized carbons (Fsp3) is 0.294. The lowest BCUT2D eigenvalue weighted by molar-refractivity contribution is 0.301. The Morgan fingerprint density at radius 1 is 1.14 bits per heavy atom. The second-order valence-electron chi connectivity index (χ2n) is 5.11. The van der Waals surface area contributed by atoms with Crippen molar-refractivity contribution in [2.45, 2.75) is 26.0 Å². The first kappa shape index (κ1) is 15.2. The summed E-state index contributed by atoms with van der Waals surface area (Å²) in [6.45, 7) is 2.40.